The second-order valence-corrected chi connectivity index (χ2v) is 9.81. The first-order valence-electron chi connectivity index (χ1n) is 9.09. The topological polar surface area (TPSA) is 78.5 Å². The summed E-state index contributed by atoms with van der Waals surface area (Å²) in [5.74, 6) is 0.860. The Morgan fingerprint density at radius 3 is 2.64 bits per heavy atom. The van der Waals surface area contributed by atoms with Crippen molar-refractivity contribution < 1.29 is 13.2 Å². The fourth-order valence-electron chi connectivity index (χ4n) is 3.85. The number of nitrogens with one attached hydrogen (secondary N) is 1. The molecule has 0 aromatic carbocycles. The largest absolute Gasteiger partial charge is 0.372 e. The third-order valence-corrected chi connectivity index (χ3v) is 7.04. The quantitative estimate of drug-likeness (QED) is 0.855. The van der Waals surface area contributed by atoms with Gasteiger partial charge in [0.25, 0.3) is 10.0 Å². The van der Waals surface area contributed by atoms with Crippen LogP contribution in [0.4, 0.5) is 0 Å². The van der Waals surface area contributed by atoms with Crippen molar-refractivity contribution in [3.05, 3.63) is 12.0 Å². The number of aromatic nitrogens is 2. The summed E-state index contributed by atoms with van der Waals surface area (Å²) in [5, 5.41) is 0.190. The smallest absolute Gasteiger partial charge is 0.260 e. The number of ether oxygens (including phenoxy) is 1. The number of morpholine rings is 1. The third-order valence-electron chi connectivity index (χ3n) is 5.23. The van der Waals surface area contributed by atoms with E-state index in [4.69, 9.17) is 4.74 Å². The van der Waals surface area contributed by atoms with Crippen LogP contribution in [0.15, 0.2) is 11.2 Å². The summed E-state index contributed by atoms with van der Waals surface area (Å²) in [4.78, 5) is 9.27. The van der Waals surface area contributed by atoms with Crippen molar-refractivity contribution in [1.29, 1.82) is 0 Å². The summed E-state index contributed by atoms with van der Waals surface area (Å²) < 4.78 is 34.5. The SMILES string of the molecule is CC(C)c1ncc(S(=O)(=O)N2CC3(CCCC3)OCC2CN(C)C)[nH]1. The Bertz CT molecular complexity index is 693. The number of rotatable bonds is 5. The summed E-state index contributed by atoms with van der Waals surface area (Å²) in [6.45, 7) is 5.51. The van der Waals surface area contributed by atoms with Crippen molar-refractivity contribution in [2.75, 3.05) is 33.8 Å². The van der Waals surface area contributed by atoms with E-state index < -0.39 is 10.0 Å². The van der Waals surface area contributed by atoms with E-state index >= 15 is 0 Å². The molecule has 1 aromatic rings. The van der Waals surface area contributed by atoms with Gasteiger partial charge in [-0.25, -0.2) is 13.4 Å². The highest BCUT2D eigenvalue weighted by Crippen LogP contribution is 2.39. The number of hydrogen-bond acceptors (Lipinski definition) is 5. The second-order valence-electron chi connectivity index (χ2n) is 7.95. The lowest BCUT2D eigenvalue weighted by Crippen LogP contribution is -2.59. The average molecular weight is 371 g/mol. The predicted molar refractivity (Wildman–Crippen MR) is 96.1 cm³/mol. The minimum absolute atomic E-state index is 0.160. The summed E-state index contributed by atoms with van der Waals surface area (Å²) in [6, 6.07) is -0.183. The highest BCUT2D eigenvalue weighted by molar-refractivity contribution is 7.89. The lowest BCUT2D eigenvalue weighted by atomic mass is 9.99. The van der Waals surface area contributed by atoms with E-state index in [2.05, 4.69) is 9.97 Å². The molecule has 1 atom stereocenters. The molecule has 1 saturated carbocycles. The van der Waals surface area contributed by atoms with Crippen molar-refractivity contribution in [2.24, 2.45) is 0 Å². The van der Waals surface area contributed by atoms with Crippen LogP contribution in [-0.2, 0) is 14.8 Å². The van der Waals surface area contributed by atoms with Crippen LogP contribution in [0.3, 0.4) is 0 Å². The van der Waals surface area contributed by atoms with E-state index in [1.165, 1.54) is 6.20 Å². The Labute approximate surface area is 150 Å². The number of aromatic amines is 1. The Morgan fingerprint density at radius 2 is 2.08 bits per heavy atom. The molecule has 1 spiro atoms. The molecule has 0 radical (unpaired) electrons. The maximum Gasteiger partial charge on any atom is 0.260 e. The van der Waals surface area contributed by atoms with Gasteiger partial charge in [-0.05, 0) is 26.9 Å². The maximum atomic E-state index is 13.3. The van der Waals surface area contributed by atoms with Crippen LogP contribution in [0.1, 0.15) is 51.3 Å². The van der Waals surface area contributed by atoms with Crippen LogP contribution in [-0.4, -0.2) is 73.0 Å². The van der Waals surface area contributed by atoms with Crippen molar-refractivity contribution in [2.45, 2.75) is 62.1 Å². The molecule has 2 heterocycles. The van der Waals surface area contributed by atoms with Gasteiger partial charge in [0.05, 0.1) is 24.4 Å². The lowest BCUT2D eigenvalue weighted by Gasteiger charge is -2.44. The van der Waals surface area contributed by atoms with Crippen LogP contribution in [0.2, 0.25) is 0 Å². The number of H-pyrrole nitrogens is 1. The molecule has 2 aliphatic rings. The number of imidazole rings is 1. The molecule has 1 aliphatic carbocycles. The summed E-state index contributed by atoms with van der Waals surface area (Å²) >= 11 is 0. The van der Waals surface area contributed by atoms with E-state index in [-0.39, 0.29) is 22.6 Å². The molecule has 1 N–H and O–H groups in total. The monoisotopic (exact) mass is 370 g/mol. The van der Waals surface area contributed by atoms with Gasteiger partial charge in [-0.15, -0.1) is 0 Å². The maximum absolute atomic E-state index is 13.3. The molecular formula is C17H30N4O3S. The van der Waals surface area contributed by atoms with E-state index in [0.29, 0.717) is 25.5 Å². The van der Waals surface area contributed by atoms with Gasteiger partial charge in [-0.2, -0.15) is 4.31 Å². The number of nitrogens with zero attached hydrogens (tertiary/aromatic N) is 3. The van der Waals surface area contributed by atoms with Crippen LogP contribution in [0.5, 0.6) is 0 Å². The van der Waals surface area contributed by atoms with E-state index in [1.807, 2.05) is 32.8 Å². The van der Waals surface area contributed by atoms with Gasteiger partial charge in [-0.3, -0.25) is 0 Å². The molecule has 1 unspecified atom stereocenters. The van der Waals surface area contributed by atoms with Crippen molar-refractivity contribution >= 4 is 10.0 Å². The van der Waals surface area contributed by atoms with E-state index in [1.54, 1.807) is 4.31 Å². The number of sulfonamides is 1. The summed E-state index contributed by atoms with van der Waals surface area (Å²) in [5.41, 5.74) is -0.309. The molecular weight excluding hydrogens is 340 g/mol. The Kier molecular flexibility index (Phi) is 5.26. The lowest BCUT2D eigenvalue weighted by molar-refractivity contribution is -0.109. The second kappa shape index (κ2) is 6.98. The molecule has 1 aromatic heterocycles. The fourth-order valence-corrected chi connectivity index (χ4v) is 5.45. The third kappa shape index (κ3) is 3.77. The molecule has 8 heteroatoms. The minimum Gasteiger partial charge on any atom is -0.372 e. The molecule has 3 rings (SSSR count). The molecule has 1 aliphatic heterocycles. The van der Waals surface area contributed by atoms with Crippen LogP contribution in [0.25, 0.3) is 0 Å². The van der Waals surface area contributed by atoms with Crippen molar-refractivity contribution in [3.63, 3.8) is 0 Å². The van der Waals surface area contributed by atoms with Crippen LogP contribution < -0.4 is 0 Å². The van der Waals surface area contributed by atoms with Crippen LogP contribution >= 0.6 is 0 Å². The molecule has 7 nitrogen and oxygen atoms in total. The number of likely N-dealkylation sites (N-methyl/N-ethyl adjacent to an activating group) is 1. The summed E-state index contributed by atoms with van der Waals surface area (Å²) in [7, 11) is 0.288. The first-order chi connectivity index (χ1) is 11.7. The van der Waals surface area contributed by atoms with Gasteiger partial charge >= 0.3 is 0 Å². The van der Waals surface area contributed by atoms with Crippen LogP contribution in [0, 0.1) is 0 Å². The highest BCUT2D eigenvalue weighted by Gasteiger charge is 2.47. The molecule has 0 amide bonds. The van der Waals surface area contributed by atoms with Gasteiger partial charge < -0.3 is 14.6 Å². The number of hydrogen-bond donors (Lipinski definition) is 1. The standard InChI is InChI=1S/C17H30N4O3S/c1-13(2)16-18-9-15(19-16)25(22,23)21-12-17(7-5-6-8-17)24-11-14(21)10-20(3)4/h9,13-14H,5-8,10-12H2,1-4H3,(H,18,19). The normalized spacial score (nSPS) is 24.6. The minimum atomic E-state index is -3.62. The molecule has 2 fully saturated rings. The Hall–Kier alpha value is -0.960. The van der Waals surface area contributed by atoms with Gasteiger partial charge in [-0.1, -0.05) is 26.7 Å². The van der Waals surface area contributed by atoms with Gasteiger partial charge in [0, 0.05) is 19.0 Å². The molecule has 1 saturated heterocycles. The van der Waals surface area contributed by atoms with Crippen molar-refractivity contribution in [1.82, 2.24) is 19.2 Å². The molecule has 25 heavy (non-hydrogen) atoms. The van der Waals surface area contributed by atoms with Gasteiger partial charge in [0.15, 0.2) is 5.03 Å². The first-order valence-corrected chi connectivity index (χ1v) is 10.5. The Balaban J connectivity index is 1.91. The zero-order chi connectivity index (χ0) is 18.2. The van der Waals surface area contributed by atoms with Crippen molar-refractivity contribution in [3.8, 4) is 0 Å². The first kappa shape index (κ1) is 18.8. The van der Waals surface area contributed by atoms with E-state index in [0.717, 1.165) is 25.7 Å². The Morgan fingerprint density at radius 1 is 1.40 bits per heavy atom. The van der Waals surface area contributed by atoms with Gasteiger partial charge in [0.2, 0.25) is 0 Å². The van der Waals surface area contributed by atoms with Gasteiger partial charge in [0.1, 0.15) is 5.82 Å². The zero-order valence-corrected chi connectivity index (χ0v) is 16.5. The zero-order valence-electron chi connectivity index (χ0n) is 15.7. The summed E-state index contributed by atoms with van der Waals surface area (Å²) in [6.07, 6.45) is 5.54. The fraction of sp³-hybridized carbons (Fsp3) is 0.824. The van der Waals surface area contributed by atoms with E-state index in [9.17, 15) is 8.42 Å². The highest BCUT2D eigenvalue weighted by atomic mass is 32.2. The molecule has 0 bridgehead atoms. The molecule has 142 valence electrons. The predicted octanol–water partition coefficient (Wildman–Crippen LogP) is 1.80. The average Bonchev–Trinajstić information content (AvgIpc) is 3.19.